The number of carbonyl (C=O) groups is 2. The van der Waals surface area contributed by atoms with Gasteiger partial charge in [-0.15, -0.1) is 0 Å². The molecule has 4 nitrogen and oxygen atoms in total. The van der Waals surface area contributed by atoms with Crippen LogP contribution in [0.4, 0.5) is 8.78 Å². The number of ketones is 1. The Hall–Kier alpha value is -1.98. The molecule has 0 aliphatic heterocycles. The van der Waals surface area contributed by atoms with Gasteiger partial charge in [0.15, 0.2) is 0 Å². The number of para-hydroxylation sites is 1. The van der Waals surface area contributed by atoms with Crippen LogP contribution in [-0.4, -0.2) is 23.5 Å². The molecule has 16 heavy (non-hydrogen) atoms. The Morgan fingerprint density at radius 1 is 1.31 bits per heavy atom. The van der Waals surface area contributed by atoms with Crippen LogP contribution in [-0.2, 0) is 16.0 Å². The molecule has 1 rings (SSSR count). The minimum absolute atomic E-state index is 0.121. The summed E-state index contributed by atoms with van der Waals surface area (Å²) in [6, 6.07) is 5.56. The van der Waals surface area contributed by atoms with E-state index in [1.54, 1.807) is 0 Å². The number of rotatable bonds is 5. The molecule has 0 aromatic heterocycles. The Kier molecular flexibility index (Phi) is 3.93. The number of benzene rings is 1. The Balaban J connectivity index is 2.86. The van der Waals surface area contributed by atoms with E-state index in [0.29, 0.717) is 0 Å². The number of hydrogen-bond acceptors (Lipinski definition) is 3. The van der Waals surface area contributed by atoms with Crippen molar-refractivity contribution in [2.75, 3.05) is 0 Å². The lowest BCUT2D eigenvalue weighted by Gasteiger charge is -2.08. The summed E-state index contributed by atoms with van der Waals surface area (Å²) in [6.07, 6.45) is -0.474. The van der Waals surface area contributed by atoms with Gasteiger partial charge >= 0.3 is 12.6 Å². The number of carboxylic acid groups (broad SMARTS) is 1. The number of carbonyl (C=O) groups excluding carboxylic acids is 1. The van der Waals surface area contributed by atoms with E-state index in [-0.39, 0.29) is 11.3 Å². The third-order valence-corrected chi connectivity index (χ3v) is 1.78. The van der Waals surface area contributed by atoms with Gasteiger partial charge in [-0.2, -0.15) is 8.78 Å². The van der Waals surface area contributed by atoms with Gasteiger partial charge in [-0.05, 0) is 6.07 Å². The third-order valence-electron chi connectivity index (χ3n) is 1.78. The van der Waals surface area contributed by atoms with E-state index in [4.69, 9.17) is 5.11 Å². The van der Waals surface area contributed by atoms with Crippen molar-refractivity contribution in [2.24, 2.45) is 0 Å². The highest BCUT2D eigenvalue weighted by Gasteiger charge is 2.16. The van der Waals surface area contributed by atoms with Gasteiger partial charge in [0.1, 0.15) is 5.75 Å². The smallest absolute Gasteiger partial charge is 0.387 e. The molecule has 0 bridgehead atoms. The molecule has 1 aromatic carbocycles. The summed E-state index contributed by atoms with van der Waals surface area (Å²) in [4.78, 5) is 21.2. The molecular formula is C10H8F2O4. The highest BCUT2D eigenvalue weighted by atomic mass is 19.3. The van der Waals surface area contributed by atoms with Crippen LogP contribution in [0.5, 0.6) is 5.75 Å². The van der Waals surface area contributed by atoms with Crippen LogP contribution in [0.2, 0.25) is 0 Å². The average molecular weight is 230 g/mol. The molecule has 6 heteroatoms. The number of aliphatic carboxylic acids is 1. The molecule has 1 aromatic rings. The predicted octanol–water partition coefficient (Wildman–Crippen LogP) is 1.48. The summed E-state index contributed by atoms with van der Waals surface area (Å²) >= 11 is 0. The molecule has 0 saturated heterocycles. The van der Waals surface area contributed by atoms with E-state index in [2.05, 4.69) is 4.74 Å². The summed E-state index contributed by atoms with van der Waals surface area (Å²) in [7, 11) is 0. The van der Waals surface area contributed by atoms with E-state index in [0.717, 1.165) is 0 Å². The molecule has 0 unspecified atom stereocenters. The maximum absolute atomic E-state index is 12.0. The third kappa shape index (κ3) is 3.30. The Labute approximate surface area is 89.5 Å². The fourth-order valence-corrected chi connectivity index (χ4v) is 1.11. The highest BCUT2D eigenvalue weighted by Crippen LogP contribution is 2.20. The van der Waals surface area contributed by atoms with E-state index < -0.39 is 24.8 Å². The van der Waals surface area contributed by atoms with Gasteiger partial charge in [-0.25, -0.2) is 4.79 Å². The van der Waals surface area contributed by atoms with Crippen LogP contribution in [0.25, 0.3) is 0 Å². The zero-order chi connectivity index (χ0) is 12.1. The predicted molar refractivity (Wildman–Crippen MR) is 49.4 cm³/mol. The monoisotopic (exact) mass is 230 g/mol. The number of Topliss-reactive ketones (excluding diaryl/α,β-unsaturated/α-hetero) is 1. The van der Waals surface area contributed by atoms with E-state index >= 15 is 0 Å². The normalized spacial score (nSPS) is 10.2. The fourth-order valence-electron chi connectivity index (χ4n) is 1.11. The van der Waals surface area contributed by atoms with E-state index in [1.165, 1.54) is 24.3 Å². The number of alkyl halides is 2. The number of halogens is 2. The van der Waals surface area contributed by atoms with Gasteiger partial charge in [0, 0.05) is 12.0 Å². The minimum atomic E-state index is -3.01. The standard InChI is InChI=1S/C10H8F2O4/c11-10(12)16-8-4-2-1-3-6(8)5-7(13)9(14)15/h1-4,10H,5H2,(H,14,15). The van der Waals surface area contributed by atoms with Crippen molar-refractivity contribution >= 4 is 11.8 Å². The number of ether oxygens (including phenoxy) is 1. The first kappa shape index (κ1) is 12.1. The summed E-state index contributed by atoms with van der Waals surface area (Å²) in [5, 5.41) is 8.38. The minimum Gasteiger partial charge on any atom is -0.475 e. The topological polar surface area (TPSA) is 63.6 Å². The first-order valence-electron chi connectivity index (χ1n) is 4.29. The molecule has 0 heterocycles. The van der Waals surface area contributed by atoms with E-state index in [9.17, 15) is 18.4 Å². The second-order valence-electron chi connectivity index (χ2n) is 2.89. The average Bonchev–Trinajstić information content (AvgIpc) is 2.20. The molecule has 1 N–H and O–H groups in total. The number of carboxylic acids is 1. The quantitative estimate of drug-likeness (QED) is 0.778. The molecule has 0 aliphatic rings. The highest BCUT2D eigenvalue weighted by molar-refractivity contribution is 6.33. The molecule has 0 amide bonds. The summed E-state index contributed by atoms with van der Waals surface area (Å²) in [6.45, 7) is -3.01. The van der Waals surface area contributed by atoms with Crippen molar-refractivity contribution < 1.29 is 28.2 Å². The maximum atomic E-state index is 12.0. The second kappa shape index (κ2) is 5.20. The van der Waals surface area contributed by atoms with Gasteiger partial charge in [0.25, 0.3) is 0 Å². The molecule has 0 spiro atoms. The molecule has 0 aliphatic carbocycles. The molecule has 0 fully saturated rings. The van der Waals surface area contributed by atoms with Crippen molar-refractivity contribution in [2.45, 2.75) is 13.0 Å². The molecular weight excluding hydrogens is 222 g/mol. The Bertz CT molecular complexity index is 404. The van der Waals surface area contributed by atoms with Crippen molar-refractivity contribution in [1.82, 2.24) is 0 Å². The second-order valence-corrected chi connectivity index (χ2v) is 2.89. The molecule has 0 radical (unpaired) electrons. The lowest BCUT2D eigenvalue weighted by molar-refractivity contribution is -0.148. The first-order chi connectivity index (χ1) is 7.50. The lowest BCUT2D eigenvalue weighted by Crippen LogP contribution is -2.16. The van der Waals surface area contributed by atoms with Gasteiger partial charge in [0.2, 0.25) is 5.78 Å². The van der Waals surface area contributed by atoms with Gasteiger partial charge in [-0.1, -0.05) is 18.2 Å². The van der Waals surface area contributed by atoms with Crippen molar-refractivity contribution in [3.05, 3.63) is 29.8 Å². The zero-order valence-corrected chi connectivity index (χ0v) is 8.02. The largest absolute Gasteiger partial charge is 0.475 e. The van der Waals surface area contributed by atoms with Gasteiger partial charge < -0.3 is 9.84 Å². The fraction of sp³-hybridized carbons (Fsp3) is 0.200. The first-order valence-corrected chi connectivity index (χ1v) is 4.29. The van der Waals surface area contributed by atoms with Crippen LogP contribution in [0.15, 0.2) is 24.3 Å². The van der Waals surface area contributed by atoms with Crippen LogP contribution in [0.3, 0.4) is 0 Å². The van der Waals surface area contributed by atoms with Crippen molar-refractivity contribution in [3.63, 3.8) is 0 Å². The molecule has 0 atom stereocenters. The maximum Gasteiger partial charge on any atom is 0.387 e. The van der Waals surface area contributed by atoms with Gasteiger partial charge in [0.05, 0.1) is 0 Å². The summed E-state index contributed by atoms with van der Waals surface area (Å²) in [5.41, 5.74) is 0.121. The van der Waals surface area contributed by atoms with E-state index in [1.807, 2.05) is 0 Å². The van der Waals surface area contributed by atoms with Crippen LogP contribution in [0.1, 0.15) is 5.56 Å². The van der Waals surface area contributed by atoms with Crippen LogP contribution < -0.4 is 4.74 Å². The summed E-state index contributed by atoms with van der Waals surface area (Å²) < 4.78 is 28.1. The summed E-state index contributed by atoms with van der Waals surface area (Å²) in [5.74, 6) is -2.87. The molecule has 86 valence electrons. The van der Waals surface area contributed by atoms with Crippen molar-refractivity contribution in [1.29, 1.82) is 0 Å². The zero-order valence-electron chi connectivity index (χ0n) is 8.02. The van der Waals surface area contributed by atoms with Crippen molar-refractivity contribution in [3.8, 4) is 5.75 Å². The Morgan fingerprint density at radius 3 is 2.50 bits per heavy atom. The SMILES string of the molecule is O=C(O)C(=O)Cc1ccccc1OC(F)F. The van der Waals surface area contributed by atoms with Crippen LogP contribution >= 0.6 is 0 Å². The Morgan fingerprint density at radius 2 is 1.94 bits per heavy atom. The number of hydrogen-bond donors (Lipinski definition) is 1. The molecule has 0 saturated carbocycles. The van der Waals surface area contributed by atoms with Crippen LogP contribution in [0, 0.1) is 0 Å². The lowest BCUT2D eigenvalue weighted by atomic mass is 10.1. The van der Waals surface area contributed by atoms with Gasteiger partial charge in [-0.3, -0.25) is 4.79 Å².